The van der Waals surface area contributed by atoms with E-state index in [-0.39, 0.29) is 24.0 Å². The summed E-state index contributed by atoms with van der Waals surface area (Å²) in [4.78, 5) is 10.3. The van der Waals surface area contributed by atoms with Gasteiger partial charge in [0.05, 0.1) is 0 Å². The average molecular weight is 356 g/mol. The molecule has 11 heteroatoms. The number of rotatable bonds is 3. The lowest BCUT2D eigenvalue weighted by molar-refractivity contribution is -0.443. The molecule has 0 aliphatic heterocycles. The third kappa shape index (κ3) is 3.00. The quantitative estimate of drug-likeness (QED) is 0.539. The van der Waals surface area contributed by atoms with E-state index in [1.807, 2.05) is 0 Å². The van der Waals surface area contributed by atoms with E-state index in [1.165, 1.54) is 0 Å². The van der Waals surface area contributed by atoms with Gasteiger partial charge in [-0.15, -0.1) is 0 Å². The summed E-state index contributed by atoms with van der Waals surface area (Å²) in [6, 6.07) is 1.71. The van der Waals surface area contributed by atoms with Crippen molar-refractivity contribution >= 4 is 6.29 Å². The highest BCUT2D eigenvalue weighted by Crippen LogP contribution is 2.66. The van der Waals surface area contributed by atoms with Crippen molar-refractivity contribution in [3.63, 3.8) is 0 Å². The molecule has 0 aliphatic carbocycles. The molecule has 0 aromatic heterocycles. The molecule has 1 aromatic carbocycles. The first-order valence-corrected chi connectivity index (χ1v) is 5.59. The van der Waals surface area contributed by atoms with Crippen LogP contribution in [0, 0.1) is 5.41 Å². The highest BCUT2D eigenvalue weighted by Gasteiger charge is 2.87. The maximum Gasteiger partial charge on any atom is 0.415 e. The maximum absolute atomic E-state index is 13.9. The smallest absolute Gasteiger partial charge is 0.298 e. The van der Waals surface area contributed by atoms with Crippen molar-refractivity contribution in [2.24, 2.45) is 5.41 Å². The molecule has 0 saturated heterocycles. The van der Waals surface area contributed by atoms with Gasteiger partial charge in [-0.1, -0.05) is 24.3 Å². The molecule has 0 saturated carbocycles. The fourth-order valence-corrected chi connectivity index (χ4v) is 1.91. The van der Waals surface area contributed by atoms with E-state index in [1.54, 1.807) is 0 Å². The zero-order chi connectivity index (χ0) is 18.3. The number of carbonyl (C=O) groups is 1. The minimum Gasteiger partial charge on any atom is -0.298 e. The zero-order valence-electron chi connectivity index (χ0n) is 10.7. The Hall–Kier alpha value is -1.81. The minimum absolute atomic E-state index is 0.127. The van der Waals surface area contributed by atoms with Crippen molar-refractivity contribution in [1.29, 1.82) is 0 Å². The summed E-state index contributed by atoms with van der Waals surface area (Å²) < 4.78 is 128. The average Bonchev–Trinajstić information content (AvgIpc) is 2.34. The maximum atomic E-state index is 13.9. The molecule has 0 amide bonds. The van der Waals surface area contributed by atoms with E-state index in [0.717, 1.165) is 0 Å². The van der Waals surface area contributed by atoms with Crippen LogP contribution in [0.3, 0.4) is 0 Å². The van der Waals surface area contributed by atoms with Gasteiger partial charge in [-0.25, -0.2) is 4.39 Å². The first-order valence-electron chi connectivity index (χ1n) is 5.59. The van der Waals surface area contributed by atoms with Crippen LogP contribution in [0.2, 0.25) is 0 Å². The van der Waals surface area contributed by atoms with Gasteiger partial charge in [0.25, 0.3) is 5.41 Å². The highest BCUT2D eigenvalue weighted by atomic mass is 19.4. The van der Waals surface area contributed by atoms with Crippen LogP contribution in [0.4, 0.5) is 43.9 Å². The van der Waals surface area contributed by atoms with Gasteiger partial charge >= 0.3 is 18.5 Å². The fraction of sp³-hybridized carbons (Fsp3) is 0.417. The second-order valence-corrected chi connectivity index (χ2v) is 4.45. The van der Waals surface area contributed by atoms with Crippen molar-refractivity contribution in [1.82, 2.24) is 0 Å². The van der Waals surface area contributed by atoms with Gasteiger partial charge in [-0.3, -0.25) is 4.79 Å². The van der Waals surface area contributed by atoms with Crippen LogP contribution in [0.1, 0.15) is 22.1 Å². The molecule has 130 valence electrons. The van der Waals surface area contributed by atoms with Crippen LogP contribution >= 0.6 is 0 Å². The van der Waals surface area contributed by atoms with Gasteiger partial charge in [-0.2, -0.15) is 39.5 Å². The lowest BCUT2D eigenvalue weighted by atomic mass is 9.77. The van der Waals surface area contributed by atoms with Crippen LogP contribution in [-0.2, 0) is 0 Å². The van der Waals surface area contributed by atoms with E-state index in [9.17, 15) is 48.7 Å². The van der Waals surface area contributed by atoms with Crippen LogP contribution < -0.4 is 0 Å². The Labute approximate surface area is 121 Å². The molecule has 0 aliphatic rings. The monoisotopic (exact) mass is 356 g/mol. The molecule has 0 bridgehead atoms. The minimum atomic E-state index is -6.99. The molecule has 0 heterocycles. The van der Waals surface area contributed by atoms with Crippen LogP contribution in [0.15, 0.2) is 24.3 Å². The highest BCUT2D eigenvalue weighted by molar-refractivity contribution is 5.74. The van der Waals surface area contributed by atoms with Gasteiger partial charge in [0.1, 0.15) is 6.29 Å². The van der Waals surface area contributed by atoms with Crippen molar-refractivity contribution in [3.8, 4) is 0 Å². The number of halogens is 10. The standard InChI is InChI=1S/C12H6F10O/c13-8(7-3-1-6(5-23)2-4-7)9(10(14,15)16,11(17,18)19)12(20,21)22/h1-5,8H. The summed E-state index contributed by atoms with van der Waals surface area (Å²) in [5.41, 5.74) is -8.37. The Bertz CT molecular complexity index is 515. The second-order valence-electron chi connectivity index (χ2n) is 4.45. The fourth-order valence-electron chi connectivity index (χ4n) is 1.91. The summed E-state index contributed by atoms with van der Waals surface area (Å²) in [6.07, 6.45) is -25.4. The van der Waals surface area contributed by atoms with Gasteiger partial charge < -0.3 is 0 Å². The Morgan fingerprint density at radius 1 is 0.739 bits per heavy atom. The molecular weight excluding hydrogens is 350 g/mol. The van der Waals surface area contributed by atoms with E-state index in [4.69, 9.17) is 0 Å². The third-order valence-electron chi connectivity index (χ3n) is 3.09. The van der Waals surface area contributed by atoms with Gasteiger partial charge in [0.2, 0.25) is 0 Å². The molecule has 1 unspecified atom stereocenters. The zero-order valence-corrected chi connectivity index (χ0v) is 10.7. The first-order chi connectivity index (χ1) is 10.2. The normalized spacial score (nSPS) is 15.4. The number of carbonyl (C=O) groups excluding carboxylic acids is 1. The summed E-state index contributed by atoms with van der Waals surface area (Å²) in [5, 5.41) is 0. The van der Waals surface area contributed by atoms with Gasteiger partial charge in [0.15, 0.2) is 6.17 Å². The number of benzene rings is 1. The predicted octanol–water partition coefficient (Wildman–Crippen LogP) is 5.18. The summed E-state index contributed by atoms with van der Waals surface area (Å²) in [7, 11) is 0. The SMILES string of the molecule is O=Cc1ccc(C(F)C(C(F)(F)F)(C(F)(F)F)C(F)(F)F)cc1. The van der Waals surface area contributed by atoms with E-state index < -0.39 is 35.7 Å². The van der Waals surface area contributed by atoms with Gasteiger partial charge in [0, 0.05) is 5.56 Å². The second kappa shape index (κ2) is 5.68. The Morgan fingerprint density at radius 2 is 1.09 bits per heavy atom. The van der Waals surface area contributed by atoms with E-state index in [0.29, 0.717) is 12.1 Å². The molecule has 23 heavy (non-hydrogen) atoms. The molecule has 1 aromatic rings. The number of hydrogen-bond acceptors (Lipinski definition) is 1. The lowest BCUT2D eigenvalue weighted by Gasteiger charge is -2.40. The van der Waals surface area contributed by atoms with Crippen molar-refractivity contribution in [2.75, 3.05) is 0 Å². The van der Waals surface area contributed by atoms with Crippen LogP contribution in [0.5, 0.6) is 0 Å². The molecule has 0 radical (unpaired) electrons. The Morgan fingerprint density at radius 3 is 1.35 bits per heavy atom. The molecule has 1 nitrogen and oxygen atoms in total. The Balaban J connectivity index is 3.65. The summed E-state index contributed by atoms with van der Waals surface area (Å²) in [6.45, 7) is 0. The molecule has 0 N–H and O–H groups in total. The molecule has 0 fully saturated rings. The number of alkyl halides is 10. The van der Waals surface area contributed by atoms with Crippen molar-refractivity contribution in [3.05, 3.63) is 35.4 Å². The summed E-state index contributed by atoms with van der Waals surface area (Å²) >= 11 is 0. The number of hydrogen-bond donors (Lipinski definition) is 0. The third-order valence-corrected chi connectivity index (χ3v) is 3.09. The lowest BCUT2D eigenvalue weighted by Crippen LogP contribution is -2.62. The van der Waals surface area contributed by atoms with E-state index in [2.05, 4.69) is 0 Å². The number of aldehydes is 1. The first kappa shape index (κ1) is 19.2. The predicted molar refractivity (Wildman–Crippen MR) is 56.3 cm³/mol. The molecule has 1 rings (SSSR count). The molecular formula is C12H6F10O. The van der Waals surface area contributed by atoms with E-state index >= 15 is 0 Å². The summed E-state index contributed by atoms with van der Waals surface area (Å²) in [5.74, 6) is 0. The molecule has 1 atom stereocenters. The Kier molecular flexibility index (Phi) is 4.75. The van der Waals surface area contributed by atoms with Crippen molar-refractivity contribution in [2.45, 2.75) is 24.7 Å². The largest absolute Gasteiger partial charge is 0.415 e. The van der Waals surface area contributed by atoms with Crippen molar-refractivity contribution < 1.29 is 48.7 Å². The van der Waals surface area contributed by atoms with Crippen LogP contribution in [-0.4, -0.2) is 24.8 Å². The van der Waals surface area contributed by atoms with Crippen LogP contribution in [0.25, 0.3) is 0 Å². The molecule has 0 spiro atoms. The van der Waals surface area contributed by atoms with Gasteiger partial charge in [-0.05, 0) is 5.56 Å². The topological polar surface area (TPSA) is 17.1 Å².